The van der Waals surface area contributed by atoms with Crippen molar-refractivity contribution in [3.63, 3.8) is 0 Å². The number of nitrogens with one attached hydrogen (secondary N) is 2. The molecule has 1 aliphatic carbocycles. The molecule has 0 amide bonds. The van der Waals surface area contributed by atoms with Gasteiger partial charge in [0.05, 0.1) is 18.2 Å². The number of piperidine rings is 1. The number of benzene rings is 1. The van der Waals surface area contributed by atoms with E-state index in [2.05, 4.69) is 20.5 Å². The summed E-state index contributed by atoms with van der Waals surface area (Å²) in [6.07, 6.45) is 7.72. The maximum Gasteiger partial charge on any atom is 0.191 e. The van der Waals surface area contributed by atoms with Crippen molar-refractivity contribution in [3.8, 4) is 6.07 Å². The molecule has 6 heteroatoms. The van der Waals surface area contributed by atoms with E-state index in [4.69, 9.17) is 5.26 Å². The Labute approximate surface area is 161 Å². The predicted molar refractivity (Wildman–Crippen MR) is 106 cm³/mol. The first-order chi connectivity index (χ1) is 13.2. The van der Waals surface area contributed by atoms with Gasteiger partial charge in [-0.1, -0.05) is 18.9 Å². The van der Waals surface area contributed by atoms with Gasteiger partial charge in [-0.2, -0.15) is 5.26 Å². The Morgan fingerprint density at radius 3 is 2.63 bits per heavy atom. The van der Waals surface area contributed by atoms with Gasteiger partial charge in [0.15, 0.2) is 5.96 Å². The summed E-state index contributed by atoms with van der Waals surface area (Å²) in [7, 11) is 0. The van der Waals surface area contributed by atoms with E-state index in [1.165, 1.54) is 31.7 Å². The third kappa shape index (κ3) is 5.43. The quantitative estimate of drug-likeness (QED) is 0.616. The second kappa shape index (κ2) is 9.70. The van der Waals surface area contributed by atoms with Crippen LogP contribution in [0.15, 0.2) is 23.2 Å². The maximum atomic E-state index is 14.1. The second-order valence-corrected chi connectivity index (χ2v) is 7.51. The molecule has 0 radical (unpaired) electrons. The van der Waals surface area contributed by atoms with E-state index in [1.54, 1.807) is 12.1 Å². The highest BCUT2D eigenvalue weighted by Gasteiger charge is 2.27. The molecule has 0 bridgehead atoms. The van der Waals surface area contributed by atoms with Crippen molar-refractivity contribution in [1.29, 1.82) is 5.26 Å². The van der Waals surface area contributed by atoms with Gasteiger partial charge in [-0.25, -0.2) is 9.38 Å². The number of guanidine groups is 1. The summed E-state index contributed by atoms with van der Waals surface area (Å²) in [5.41, 5.74) is 0.835. The number of halogens is 1. The highest BCUT2D eigenvalue weighted by Crippen LogP contribution is 2.26. The van der Waals surface area contributed by atoms with Crippen molar-refractivity contribution >= 4 is 5.96 Å². The minimum atomic E-state index is -0.376. The number of hydrogen-bond acceptors (Lipinski definition) is 3. The topological polar surface area (TPSA) is 63.5 Å². The lowest BCUT2D eigenvalue weighted by atomic mass is 10.0. The molecule has 1 aromatic rings. The van der Waals surface area contributed by atoms with E-state index in [0.717, 1.165) is 44.5 Å². The van der Waals surface area contributed by atoms with Crippen LogP contribution in [0.3, 0.4) is 0 Å². The van der Waals surface area contributed by atoms with Crippen molar-refractivity contribution in [2.75, 3.05) is 19.6 Å². The van der Waals surface area contributed by atoms with Crippen LogP contribution in [-0.4, -0.2) is 42.6 Å². The molecule has 3 rings (SSSR count). The average molecular weight is 372 g/mol. The first-order valence-electron chi connectivity index (χ1n) is 10.2. The highest BCUT2D eigenvalue weighted by molar-refractivity contribution is 5.80. The molecule has 1 saturated carbocycles. The fourth-order valence-electron chi connectivity index (χ4n) is 4.10. The summed E-state index contributed by atoms with van der Waals surface area (Å²) in [6, 6.07) is 7.70. The summed E-state index contributed by atoms with van der Waals surface area (Å²) in [5.74, 6) is 0.360. The fraction of sp³-hybridized carbons (Fsp3) is 0.619. The molecule has 146 valence electrons. The van der Waals surface area contributed by atoms with Crippen molar-refractivity contribution in [2.24, 2.45) is 4.99 Å². The van der Waals surface area contributed by atoms with Crippen LogP contribution in [0.4, 0.5) is 4.39 Å². The predicted octanol–water partition coefficient (Wildman–Crippen LogP) is 3.16. The van der Waals surface area contributed by atoms with Crippen molar-refractivity contribution in [1.82, 2.24) is 15.5 Å². The van der Waals surface area contributed by atoms with E-state index >= 15 is 0 Å². The smallest absolute Gasteiger partial charge is 0.191 e. The average Bonchev–Trinajstić information content (AvgIpc) is 3.22. The van der Waals surface area contributed by atoms with Crippen molar-refractivity contribution in [2.45, 2.75) is 64.1 Å². The first-order valence-corrected chi connectivity index (χ1v) is 10.2. The van der Waals surface area contributed by atoms with Gasteiger partial charge in [0.2, 0.25) is 0 Å². The molecule has 2 fully saturated rings. The monoisotopic (exact) mass is 371 g/mol. The second-order valence-electron chi connectivity index (χ2n) is 7.51. The Morgan fingerprint density at radius 1 is 1.26 bits per heavy atom. The van der Waals surface area contributed by atoms with E-state index < -0.39 is 0 Å². The number of aliphatic imine (C=N–C) groups is 1. The van der Waals surface area contributed by atoms with Gasteiger partial charge in [0.1, 0.15) is 5.82 Å². The van der Waals surface area contributed by atoms with Crippen molar-refractivity contribution in [3.05, 3.63) is 35.1 Å². The summed E-state index contributed by atoms with van der Waals surface area (Å²) in [6.45, 7) is 5.34. The van der Waals surface area contributed by atoms with Gasteiger partial charge in [0, 0.05) is 37.3 Å². The summed E-state index contributed by atoms with van der Waals surface area (Å²) in [4.78, 5) is 7.20. The van der Waals surface area contributed by atoms with Gasteiger partial charge >= 0.3 is 0 Å². The highest BCUT2D eigenvalue weighted by atomic mass is 19.1. The minimum absolute atomic E-state index is 0.258. The van der Waals surface area contributed by atoms with Crippen LogP contribution in [0.1, 0.15) is 56.6 Å². The molecule has 1 aliphatic heterocycles. The van der Waals surface area contributed by atoms with Crippen LogP contribution in [0.25, 0.3) is 0 Å². The Kier molecular flexibility index (Phi) is 7.05. The Balaban J connectivity index is 1.54. The number of nitrogens with zero attached hydrogens (tertiary/aromatic N) is 3. The normalized spacial score (nSPS) is 19.8. The van der Waals surface area contributed by atoms with Crippen LogP contribution in [0, 0.1) is 17.1 Å². The largest absolute Gasteiger partial charge is 0.357 e. The zero-order valence-corrected chi connectivity index (χ0v) is 16.2. The molecule has 0 spiro atoms. The summed E-state index contributed by atoms with van der Waals surface area (Å²) >= 11 is 0. The molecule has 5 nitrogen and oxygen atoms in total. The minimum Gasteiger partial charge on any atom is -0.357 e. The molecule has 27 heavy (non-hydrogen) atoms. The van der Waals surface area contributed by atoms with Gasteiger partial charge in [-0.3, -0.25) is 0 Å². The summed E-state index contributed by atoms with van der Waals surface area (Å²) in [5, 5.41) is 15.6. The zero-order chi connectivity index (χ0) is 19.1. The van der Waals surface area contributed by atoms with E-state index in [9.17, 15) is 4.39 Å². The van der Waals surface area contributed by atoms with Crippen LogP contribution < -0.4 is 10.6 Å². The van der Waals surface area contributed by atoms with E-state index in [0.29, 0.717) is 17.2 Å². The number of likely N-dealkylation sites (tertiary alicyclic amines) is 1. The zero-order valence-electron chi connectivity index (χ0n) is 16.2. The molecular weight excluding hydrogens is 341 g/mol. The molecule has 1 heterocycles. The SMILES string of the molecule is CCNC(=NCc1ccc(C#N)cc1F)NC1CCN(C2CCCC2)CC1. The van der Waals surface area contributed by atoms with E-state index in [1.807, 2.05) is 13.0 Å². The lowest BCUT2D eigenvalue weighted by Crippen LogP contribution is -2.50. The molecular formula is C21H30FN5. The molecule has 0 aromatic heterocycles. The van der Waals surface area contributed by atoms with Gasteiger partial charge < -0.3 is 15.5 Å². The number of rotatable bonds is 5. The fourth-order valence-corrected chi connectivity index (χ4v) is 4.10. The molecule has 1 aromatic carbocycles. The third-order valence-electron chi connectivity index (χ3n) is 5.65. The molecule has 0 atom stereocenters. The Bertz CT molecular complexity index is 682. The van der Waals surface area contributed by atoms with Gasteiger partial charge in [0.25, 0.3) is 0 Å². The number of nitriles is 1. The van der Waals surface area contributed by atoms with Crippen LogP contribution in [0.2, 0.25) is 0 Å². The standard InChI is InChI=1S/C21H30FN5/c1-2-24-21(25-15-17-8-7-16(14-23)13-20(17)22)26-18-9-11-27(12-10-18)19-5-3-4-6-19/h7-8,13,18-19H,2-6,9-12,15H2,1H3,(H2,24,25,26). The van der Waals surface area contributed by atoms with Crippen LogP contribution >= 0.6 is 0 Å². The maximum absolute atomic E-state index is 14.1. The van der Waals surface area contributed by atoms with Crippen LogP contribution in [-0.2, 0) is 6.54 Å². The molecule has 2 N–H and O–H groups in total. The lowest BCUT2D eigenvalue weighted by Gasteiger charge is -2.36. The lowest BCUT2D eigenvalue weighted by molar-refractivity contribution is 0.150. The molecule has 0 unspecified atom stereocenters. The van der Waals surface area contributed by atoms with Crippen molar-refractivity contribution < 1.29 is 4.39 Å². The molecule has 1 saturated heterocycles. The first kappa shape index (κ1) is 19.6. The van der Waals surface area contributed by atoms with Gasteiger partial charge in [-0.15, -0.1) is 0 Å². The summed E-state index contributed by atoms with van der Waals surface area (Å²) < 4.78 is 14.1. The molecule has 2 aliphatic rings. The van der Waals surface area contributed by atoms with Gasteiger partial charge in [-0.05, 0) is 44.7 Å². The van der Waals surface area contributed by atoms with E-state index in [-0.39, 0.29) is 12.4 Å². The Morgan fingerprint density at radius 2 is 2.00 bits per heavy atom. The Hall–Kier alpha value is -2.13. The van der Waals surface area contributed by atoms with Crippen LogP contribution in [0.5, 0.6) is 0 Å². The number of hydrogen-bond donors (Lipinski definition) is 2. The third-order valence-corrected chi connectivity index (χ3v) is 5.65.